The van der Waals surface area contributed by atoms with Gasteiger partial charge in [-0.25, -0.2) is 4.39 Å². The second kappa shape index (κ2) is 7.67. The Balaban J connectivity index is 2.36. The van der Waals surface area contributed by atoms with Crippen LogP contribution in [0.1, 0.15) is 18.9 Å². The van der Waals surface area contributed by atoms with Gasteiger partial charge >= 0.3 is 0 Å². The maximum absolute atomic E-state index is 13.4. The quantitative estimate of drug-likeness (QED) is 0.756. The molecule has 0 amide bonds. The van der Waals surface area contributed by atoms with Crippen molar-refractivity contribution in [3.63, 3.8) is 0 Å². The SMILES string of the molecule is CCC(C#N)CNCCc1ccc(OC)c(F)c1. The zero-order valence-electron chi connectivity index (χ0n) is 10.9. The molecule has 0 saturated heterocycles. The van der Waals surface area contributed by atoms with E-state index in [1.54, 1.807) is 6.07 Å². The van der Waals surface area contributed by atoms with Gasteiger partial charge in [0, 0.05) is 6.54 Å². The van der Waals surface area contributed by atoms with Crippen molar-refractivity contribution in [2.75, 3.05) is 20.2 Å². The molecule has 1 aromatic rings. The molecule has 0 aliphatic carbocycles. The maximum atomic E-state index is 13.4. The molecule has 0 aromatic heterocycles. The summed E-state index contributed by atoms with van der Waals surface area (Å²) < 4.78 is 18.3. The minimum atomic E-state index is -0.335. The third-order valence-corrected chi connectivity index (χ3v) is 2.87. The van der Waals surface area contributed by atoms with Gasteiger partial charge in [-0.05, 0) is 37.1 Å². The van der Waals surface area contributed by atoms with Gasteiger partial charge in [0.1, 0.15) is 0 Å². The summed E-state index contributed by atoms with van der Waals surface area (Å²) in [5, 5.41) is 12.0. The maximum Gasteiger partial charge on any atom is 0.165 e. The van der Waals surface area contributed by atoms with Crippen molar-refractivity contribution < 1.29 is 9.13 Å². The van der Waals surface area contributed by atoms with Crippen molar-refractivity contribution in [3.05, 3.63) is 29.6 Å². The summed E-state index contributed by atoms with van der Waals surface area (Å²) in [6.07, 6.45) is 1.59. The fourth-order valence-electron chi connectivity index (χ4n) is 1.66. The number of rotatable bonds is 7. The van der Waals surface area contributed by atoms with E-state index in [0.717, 1.165) is 24.9 Å². The first-order chi connectivity index (χ1) is 8.71. The average molecular weight is 250 g/mol. The standard InChI is InChI=1S/C14H19FN2O/c1-3-11(9-16)10-17-7-6-12-4-5-14(18-2)13(15)8-12/h4-5,8,11,17H,3,6-7,10H2,1-2H3. The van der Waals surface area contributed by atoms with Gasteiger partial charge < -0.3 is 10.1 Å². The molecule has 1 unspecified atom stereocenters. The number of benzene rings is 1. The van der Waals surface area contributed by atoms with Gasteiger partial charge in [-0.2, -0.15) is 5.26 Å². The molecule has 0 radical (unpaired) electrons. The highest BCUT2D eigenvalue weighted by Crippen LogP contribution is 2.17. The van der Waals surface area contributed by atoms with E-state index >= 15 is 0 Å². The summed E-state index contributed by atoms with van der Waals surface area (Å²) >= 11 is 0. The molecule has 98 valence electrons. The van der Waals surface area contributed by atoms with Crippen molar-refractivity contribution in [1.29, 1.82) is 5.26 Å². The zero-order chi connectivity index (χ0) is 13.4. The summed E-state index contributed by atoms with van der Waals surface area (Å²) in [7, 11) is 1.45. The molecular weight excluding hydrogens is 231 g/mol. The first kappa shape index (κ1) is 14.5. The lowest BCUT2D eigenvalue weighted by molar-refractivity contribution is 0.386. The number of nitriles is 1. The average Bonchev–Trinajstić information content (AvgIpc) is 2.39. The Bertz CT molecular complexity index is 415. The Hall–Kier alpha value is -1.60. The van der Waals surface area contributed by atoms with Crippen LogP contribution in [0.5, 0.6) is 5.75 Å². The highest BCUT2D eigenvalue weighted by atomic mass is 19.1. The van der Waals surface area contributed by atoms with E-state index in [0.29, 0.717) is 6.54 Å². The molecule has 3 nitrogen and oxygen atoms in total. The number of halogens is 1. The summed E-state index contributed by atoms with van der Waals surface area (Å²) in [6, 6.07) is 7.21. The van der Waals surface area contributed by atoms with Crippen LogP contribution in [0.15, 0.2) is 18.2 Å². The van der Waals surface area contributed by atoms with Gasteiger partial charge in [0.2, 0.25) is 0 Å². The van der Waals surface area contributed by atoms with Gasteiger partial charge in [0.05, 0.1) is 19.1 Å². The van der Waals surface area contributed by atoms with Crippen molar-refractivity contribution in [2.45, 2.75) is 19.8 Å². The molecular formula is C14H19FN2O. The second-order valence-electron chi connectivity index (χ2n) is 4.16. The van der Waals surface area contributed by atoms with E-state index in [1.807, 2.05) is 13.0 Å². The first-order valence-corrected chi connectivity index (χ1v) is 6.14. The number of hydrogen-bond acceptors (Lipinski definition) is 3. The van der Waals surface area contributed by atoms with Crippen LogP contribution in [0.25, 0.3) is 0 Å². The van der Waals surface area contributed by atoms with E-state index in [9.17, 15) is 4.39 Å². The third-order valence-electron chi connectivity index (χ3n) is 2.87. The Kier molecular flexibility index (Phi) is 6.16. The van der Waals surface area contributed by atoms with Gasteiger partial charge in [0.25, 0.3) is 0 Å². The van der Waals surface area contributed by atoms with Crippen LogP contribution in [-0.4, -0.2) is 20.2 Å². The molecule has 1 N–H and O–H groups in total. The number of hydrogen-bond donors (Lipinski definition) is 1. The van der Waals surface area contributed by atoms with E-state index in [4.69, 9.17) is 10.00 Å². The van der Waals surface area contributed by atoms with Crippen molar-refractivity contribution in [3.8, 4) is 11.8 Å². The molecule has 18 heavy (non-hydrogen) atoms. The highest BCUT2D eigenvalue weighted by Gasteiger charge is 2.05. The lowest BCUT2D eigenvalue weighted by Crippen LogP contribution is -2.23. The normalized spacial score (nSPS) is 11.9. The molecule has 1 rings (SSSR count). The topological polar surface area (TPSA) is 45.0 Å². The van der Waals surface area contributed by atoms with Crippen LogP contribution in [0.4, 0.5) is 4.39 Å². The van der Waals surface area contributed by atoms with E-state index in [2.05, 4.69) is 11.4 Å². The molecule has 1 atom stereocenters. The highest BCUT2D eigenvalue weighted by molar-refractivity contribution is 5.29. The first-order valence-electron chi connectivity index (χ1n) is 6.14. The Morgan fingerprint density at radius 1 is 1.50 bits per heavy atom. The fraction of sp³-hybridized carbons (Fsp3) is 0.500. The van der Waals surface area contributed by atoms with Crippen molar-refractivity contribution >= 4 is 0 Å². The smallest absolute Gasteiger partial charge is 0.165 e. The molecule has 0 saturated carbocycles. The number of nitrogens with one attached hydrogen (secondary N) is 1. The Morgan fingerprint density at radius 3 is 2.83 bits per heavy atom. The van der Waals surface area contributed by atoms with Gasteiger partial charge in [0.15, 0.2) is 11.6 Å². The van der Waals surface area contributed by atoms with E-state index in [-0.39, 0.29) is 17.5 Å². The third kappa shape index (κ3) is 4.34. The molecule has 0 aliphatic heterocycles. The van der Waals surface area contributed by atoms with E-state index in [1.165, 1.54) is 13.2 Å². The van der Waals surface area contributed by atoms with Crippen LogP contribution in [0.3, 0.4) is 0 Å². The second-order valence-corrected chi connectivity index (χ2v) is 4.16. The predicted molar refractivity (Wildman–Crippen MR) is 68.9 cm³/mol. The summed E-state index contributed by atoms with van der Waals surface area (Å²) in [5.41, 5.74) is 0.922. The fourth-order valence-corrected chi connectivity index (χ4v) is 1.66. The summed E-state index contributed by atoms with van der Waals surface area (Å²) in [5.74, 6) is -0.0155. The minimum absolute atomic E-state index is 0.0533. The van der Waals surface area contributed by atoms with E-state index < -0.39 is 0 Å². The number of methoxy groups -OCH3 is 1. The van der Waals surface area contributed by atoms with Crippen molar-refractivity contribution in [2.24, 2.45) is 5.92 Å². The van der Waals surface area contributed by atoms with Gasteiger partial charge in [-0.15, -0.1) is 0 Å². The molecule has 0 aliphatic rings. The Labute approximate surface area is 108 Å². The van der Waals surface area contributed by atoms with Crippen LogP contribution in [0, 0.1) is 23.1 Å². The molecule has 1 aromatic carbocycles. The molecule has 0 spiro atoms. The number of ether oxygens (including phenoxy) is 1. The van der Waals surface area contributed by atoms with Crippen LogP contribution >= 0.6 is 0 Å². The van der Waals surface area contributed by atoms with Crippen LogP contribution < -0.4 is 10.1 Å². The van der Waals surface area contributed by atoms with Crippen LogP contribution in [0.2, 0.25) is 0 Å². The summed E-state index contributed by atoms with van der Waals surface area (Å²) in [4.78, 5) is 0. The van der Waals surface area contributed by atoms with Gasteiger partial charge in [-0.1, -0.05) is 13.0 Å². The zero-order valence-corrected chi connectivity index (χ0v) is 10.9. The Morgan fingerprint density at radius 2 is 2.28 bits per heavy atom. The molecule has 4 heteroatoms. The molecule has 0 bridgehead atoms. The largest absolute Gasteiger partial charge is 0.494 e. The van der Waals surface area contributed by atoms with Crippen LogP contribution in [-0.2, 0) is 6.42 Å². The van der Waals surface area contributed by atoms with Gasteiger partial charge in [-0.3, -0.25) is 0 Å². The predicted octanol–water partition coefficient (Wildman–Crippen LogP) is 2.52. The lowest BCUT2D eigenvalue weighted by Gasteiger charge is -2.09. The lowest BCUT2D eigenvalue weighted by atomic mass is 10.1. The number of nitrogens with zero attached hydrogens (tertiary/aromatic N) is 1. The minimum Gasteiger partial charge on any atom is -0.494 e. The molecule has 0 fully saturated rings. The van der Waals surface area contributed by atoms with Crippen molar-refractivity contribution in [1.82, 2.24) is 5.32 Å². The summed E-state index contributed by atoms with van der Waals surface area (Å²) in [6.45, 7) is 3.42. The molecule has 0 heterocycles. The monoisotopic (exact) mass is 250 g/mol.